The van der Waals surface area contributed by atoms with Crippen molar-refractivity contribution >= 4 is 34.3 Å². The summed E-state index contributed by atoms with van der Waals surface area (Å²) in [6.45, 7) is 3.41. The summed E-state index contributed by atoms with van der Waals surface area (Å²) in [5.41, 5.74) is 1.12. The third-order valence-electron chi connectivity index (χ3n) is 5.93. The standard InChI is InChI=1S/C23H24N6O4/c1-2-9-29-19-18(21(31)27-23(29)33)16(12-17(26-19)13-6-7-13)20(30)25-14-4-3-5-15(11-14)28-10-8-24-22(28)32/h3-5,11-13H,2,6-10H2,1H3,(H,24,32)(H,25,30)(H,27,31,33). The molecular formula is C23H24N6O4. The molecule has 2 fully saturated rings. The average molecular weight is 448 g/mol. The van der Waals surface area contributed by atoms with E-state index in [-0.39, 0.29) is 28.5 Å². The number of rotatable bonds is 6. The third kappa shape index (κ3) is 3.88. The zero-order valence-corrected chi connectivity index (χ0v) is 18.2. The van der Waals surface area contributed by atoms with Crippen LogP contribution < -0.4 is 26.8 Å². The lowest BCUT2D eigenvalue weighted by Gasteiger charge is -2.16. The number of aryl methyl sites for hydroxylation is 1. The van der Waals surface area contributed by atoms with Gasteiger partial charge in [-0.2, -0.15) is 0 Å². The van der Waals surface area contributed by atoms with E-state index in [0.29, 0.717) is 43.1 Å². The fourth-order valence-electron chi connectivity index (χ4n) is 4.16. The first-order valence-electron chi connectivity index (χ1n) is 11.1. The molecule has 1 aliphatic carbocycles. The molecule has 0 spiro atoms. The molecule has 3 heterocycles. The number of carbonyl (C=O) groups excluding carboxylic acids is 2. The van der Waals surface area contributed by atoms with E-state index in [4.69, 9.17) is 0 Å². The second kappa shape index (κ2) is 8.19. The van der Waals surface area contributed by atoms with Crippen molar-refractivity contribution in [1.29, 1.82) is 0 Å². The Morgan fingerprint density at radius 3 is 2.73 bits per heavy atom. The Balaban J connectivity index is 1.57. The van der Waals surface area contributed by atoms with Crippen LogP contribution in [0.3, 0.4) is 0 Å². The van der Waals surface area contributed by atoms with Crippen LogP contribution in [0.4, 0.5) is 16.2 Å². The lowest BCUT2D eigenvalue weighted by molar-refractivity contribution is 0.102. The number of nitrogens with one attached hydrogen (secondary N) is 3. The monoisotopic (exact) mass is 448 g/mol. The molecule has 10 heteroatoms. The van der Waals surface area contributed by atoms with Gasteiger partial charge in [-0.1, -0.05) is 13.0 Å². The third-order valence-corrected chi connectivity index (χ3v) is 5.93. The molecule has 0 radical (unpaired) electrons. The molecule has 3 amide bonds. The first-order valence-corrected chi connectivity index (χ1v) is 11.1. The highest BCUT2D eigenvalue weighted by atomic mass is 16.2. The Labute approximate surface area is 188 Å². The molecule has 2 aromatic heterocycles. The molecule has 0 bridgehead atoms. The average Bonchev–Trinajstić information content (AvgIpc) is 3.56. The van der Waals surface area contributed by atoms with E-state index >= 15 is 0 Å². The van der Waals surface area contributed by atoms with Crippen LogP contribution in [-0.2, 0) is 6.54 Å². The number of anilines is 2. The molecule has 33 heavy (non-hydrogen) atoms. The number of benzene rings is 1. The molecule has 10 nitrogen and oxygen atoms in total. The summed E-state index contributed by atoms with van der Waals surface area (Å²) < 4.78 is 1.42. The van der Waals surface area contributed by atoms with E-state index in [0.717, 1.165) is 12.8 Å². The number of H-pyrrole nitrogens is 1. The van der Waals surface area contributed by atoms with Crippen molar-refractivity contribution in [1.82, 2.24) is 19.9 Å². The molecule has 1 aliphatic heterocycles. The first-order chi connectivity index (χ1) is 16.0. The van der Waals surface area contributed by atoms with Crippen molar-refractivity contribution in [3.05, 3.63) is 62.4 Å². The number of aromatic amines is 1. The molecule has 3 aromatic rings. The zero-order valence-electron chi connectivity index (χ0n) is 18.2. The number of hydrogen-bond acceptors (Lipinski definition) is 5. The number of urea groups is 1. The van der Waals surface area contributed by atoms with Crippen LogP contribution >= 0.6 is 0 Å². The summed E-state index contributed by atoms with van der Waals surface area (Å²) >= 11 is 0. The van der Waals surface area contributed by atoms with E-state index in [1.165, 1.54) is 4.57 Å². The van der Waals surface area contributed by atoms with Gasteiger partial charge in [0, 0.05) is 42.6 Å². The number of carbonyl (C=O) groups is 2. The Hall–Kier alpha value is -3.95. The number of amides is 3. The minimum atomic E-state index is -0.634. The van der Waals surface area contributed by atoms with Crippen molar-refractivity contribution in [2.24, 2.45) is 0 Å². The Morgan fingerprint density at radius 1 is 1.21 bits per heavy atom. The molecule has 1 aromatic carbocycles. The second-order valence-corrected chi connectivity index (χ2v) is 8.37. The molecule has 0 unspecified atom stereocenters. The summed E-state index contributed by atoms with van der Waals surface area (Å²) in [6.07, 6.45) is 2.59. The van der Waals surface area contributed by atoms with Gasteiger partial charge in [0.15, 0.2) is 5.65 Å². The Bertz CT molecular complexity index is 1390. The molecule has 1 saturated heterocycles. The van der Waals surface area contributed by atoms with Gasteiger partial charge in [0.1, 0.15) is 0 Å². The highest BCUT2D eigenvalue weighted by Crippen LogP contribution is 2.40. The maximum atomic E-state index is 13.4. The predicted octanol–water partition coefficient (Wildman–Crippen LogP) is 2.15. The van der Waals surface area contributed by atoms with Crippen LogP contribution in [0.25, 0.3) is 11.0 Å². The van der Waals surface area contributed by atoms with Gasteiger partial charge >= 0.3 is 11.7 Å². The van der Waals surface area contributed by atoms with Crippen LogP contribution in [-0.4, -0.2) is 39.6 Å². The SMILES string of the molecule is CCCn1c(=O)[nH]c(=O)c2c(C(=O)Nc3cccc(N4CCNC4=O)c3)cc(C3CC3)nc21. The predicted molar refractivity (Wildman–Crippen MR) is 124 cm³/mol. The van der Waals surface area contributed by atoms with Gasteiger partial charge in [0.05, 0.1) is 10.9 Å². The van der Waals surface area contributed by atoms with Crippen LogP contribution in [0.15, 0.2) is 39.9 Å². The number of aromatic nitrogens is 3. The van der Waals surface area contributed by atoms with Gasteiger partial charge in [0.25, 0.3) is 11.5 Å². The fourth-order valence-corrected chi connectivity index (χ4v) is 4.16. The van der Waals surface area contributed by atoms with Crippen molar-refractivity contribution < 1.29 is 9.59 Å². The van der Waals surface area contributed by atoms with Crippen molar-refractivity contribution in [2.75, 3.05) is 23.3 Å². The van der Waals surface area contributed by atoms with Crippen molar-refractivity contribution in [3.63, 3.8) is 0 Å². The lowest BCUT2D eigenvalue weighted by Crippen LogP contribution is -2.32. The topological polar surface area (TPSA) is 129 Å². The smallest absolute Gasteiger partial charge is 0.329 e. The minimum Gasteiger partial charge on any atom is -0.336 e. The van der Waals surface area contributed by atoms with Crippen LogP contribution in [0.5, 0.6) is 0 Å². The van der Waals surface area contributed by atoms with Gasteiger partial charge in [0.2, 0.25) is 0 Å². The molecule has 5 rings (SSSR count). The Morgan fingerprint density at radius 2 is 2.03 bits per heavy atom. The maximum absolute atomic E-state index is 13.4. The quantitative estimate of drug-likeness (QED) is 0.532. The molecule has 0 atom stereocenters. The van der Waals surface area contributed by atoms with Crippen LogP contribution in [0.2, 0.25) is 0 Å². The van der Waals surface area contributed by atoms with E-state index in [1.54, 1.807) is 35.2 Å². The fraction of sp³-hybridized carbons (Fsp3) is 0.348. The number of nitrogens with zero attached hydrogens (tertiary/aromatic N) is 3. The molecular weight excluding hydrogens is 424 g/mol. The Kier molecular flexibility index (Phi) is 5.20. The number of fused-ring (bicyclic) bond motifs is 1. The van der Waals surface area contributed by atoms with Crippen LogP contribution in [0, 0.1) is 0 Å². The van der Waals surface area contributed by atoms with Crippen LogP contribution in [0.1, 0.15) is 48.2 Å². The van der Waals surface area contributed by atoms with Crippen molar-refractivity contribution in [3.8, 4) is 0 Å². The minimum absolute atomic E-state index is 0.0972. The highest BCUT2D eigenvalue weighted by molar-refractivity contribution is 6.12. The van der Waals surface area contributed by atoms with E-state index in [2.05, 4.69) is 20.6 Å². The first kappa shape index (κ1) is 20.9. The van der Waals surface area contributed by atoms with E-state index in [9.17, 15) is 19.2 Å². The summed E-state index contributed by atoms with van der Waals surface area (Å²) in [7, 11) is 0. The summed E-state index contributed by atoms with van der Waals surface area (Å²) in [5.74, 6) is -0.248. The highest BCUT2D eigenvalue weighted by Gasteiger charge is 2.29. The summed E-state index contributed by atoms with van der Waals surface area (Å²) in [5, 5.41) is 5.69. The van der Waals surface area contributed by atoms with Gasteiger partial charge in [-0.25, -0.2) is 14.6 Å². The zero-order chi connectivity index (χ0) is 23.1. The normalized spacial score (nSPS) is 15.7. The lowest BCUT2D eigenvalue weighted by atomic mass is 10.1. The van der Waals surface area contributed by atoms with Gasteiger partial charge in [-0.15, -0.1) is 0 Å². The molecule has 1 saturated carbocycles. The summed E-state index contributed by atoms with van der Waals surface area (Å²) in [6, 6.07) is 8.45. The molecule has 170 valence electrons. The van der Waals surface area contributed by atoms with Gasteiger partial charge < -0.3 is 10.6 Å². The van der Waals surface area contributed by atoms with E-state index in [1.807, 2.05) is 6.92 Å². The summed E-state index contributed by atoms with van der Waals surface area (Å²) in [4.78, 5) is 59.1. The molecule has 2 aliphatic rings. The maximum Gasteiger partial charge on any atom is 0.329 e. The van der Waals surface area contributed by atoms with Crippen molar-refractivity contribution in [2.45, 2.75) is 38.6 Å². The number of pyridine rings is 1. The molecule has 3 N–H and O–H groups in total. The number of hydrogen-bond donors (Lipinski definition) is 3. The van der Waals surface area contributed by atoms with E-state index < -0.39 is 17.2 Å². The second-order valence-electron chi connectivity index (χ2n) is 8.37. The van der Waals surface area contributed by atoms with Gasteiger partial charge in [-0.3, -0.25) is 24.0 Å². The largest absolute Gasteiger partial charge is 0.336 e. The van der Waals surface area contributed by atoms with Gasteiger partial charge in [-0.05, 0) is 43.5 Å².